The van der Waals surface area contributed by atoms with Crippen LogP contribution in [-0.4, -0.2) is 29.5 Å². The molecular formula is C30H22Cl2N2O3. The molecule has 0 bridgehead atoms. The third kappa shape index (κ3) is 5.53. The maximum Gasteiger partial charge on any atom is 0.343 e. The van der Waals surface area contributed by atoms with E-state index in [2.05, 4.69) is 10.8 Å². The Labute approximate surface area is 224 Å². The van der Waals surface area contributed by atoms with Crippen molar-refractivity contribution in [2.75, 3.05) is 13.7 Å². The lowest BCUT2D eigenvalue weighted by Gasteiger charge is -2.10. The van der Waals surface area contributed by atoms with E-state index in [9.17, 15) is 4.79 Å². The quantitative estimate of drug-likeness (QED) is 0.203. The molecule has 0 aliphatic rings. The van der Waals surface area contributed by atoms with Crippen LogP contribution in [0.3, 0.4) is 0 Å². The predicted molar refractivity (Wildman–Crippen MR) is 147 cm³/mol. The topological polar surface area (TPSA) is 53.4 Å². The summed E-state index contributed by atoms with van der Waals surface area (Å²) in [6.07, 6.45) is 0. The van der Waals surface area contributed by atoms with Gasteiger partial charge in [-0.2, -0.15) is 5.10 Å². The van der Waals surface area contributed by atoms with Gasteiger partial charge in [0.1, 0.15) is 5.75 Å². The second-order valence-corrected chi connectivity index (χ2v) is 9.12. The number of rotatable bonds is 7. The van der Waals surface area contributed by atoms with E-state index in [1.807, 2.05) is 102 Å². The number of benzene rings is 4. The first kappa shape index (κ1) is 24.6. The smallest absolute Gasteiger partial charge is 0.343 e. The molecule has 5 aromatic rings. The van der Waals surface area contributed by atoms with Crippen LogP contribution in [0.4, 0.5) is 0 Å². The fourth-order valence-corrected chi connectivity index (χ4v) is 4.28. The van der Waals surface area contributed by atoms with Gasteiger partial charge in [-0.3, -0.25) is 0 Å². The van der Waals surface area contributed by atoms with Crippen LogP contribution < -0.4 is 4.74 Å². The first-order valence-corrected chi connectivity index (χ1v) is 12.3. The van der Waals surface area contributed by atoms with E-state index >= 15 is 0 Å². The molecule has 37 heavy (non-hydrogen) atoms. The summed E-state index contributed by atoms with van der Waals surface area (Å²) in [6, 6.07) is 33.0. The van der Waals surface area contributed by atoms with Gasteiger partial charge >= 0.3 is 5.97 Å². The summed E-state index contributed by atoms with van der Waals surface area (Å²) < 4.78 is 12.2. The summed E-state index contributed by atoms with van der Waals surface area (Å²) in [5.41, 5.74) is 6.46. The maximum atomic E-state index is 11.5. The highest BCUT2D eigenvalue weighted by atomic mass is 35.5. The molecular weight excluding hydrogens is 507 g/mol. The van der Waals surface area contributed by atoms with Crippen LogP contribution in [-0.2, 0) is 9.53 Å². The van der Waals surface area contributed by atoms with Crippen molar-refractivity contribution in [1.82, 2.24) is 9.78 Å². The number of halogens is 2. The van der Waals surface area contributed by atoms with Crippen LogP contribution in [0, 0.1) is 0 Å². The van der Waals surface area contributed by atoms with Gasteiger partial charge in [-0.1, -0.05) is 71.7 Å². The zero-order valence-electron chi connectivity index (χ0n) is 19.9. The molecule has 0 spiro atoms. The predicted octanol–water partition coefficient (Wildman–Crippen LogP) is 7.73. The van der Waals surface area contributed by atoms with Crippen molar-refractivity contribution in [3.05, 3.63) is 113 Å². The van der Waals surface area contributed by atoms with Crippen LogP contribution in [0.25, 0.3) is 39.3 Å². The average Bonchev–Trinajstić information content (AvgIpc) is 3.38. The standard InChI is InChI=1S/C30H22Cl2N2O3/c1-36-30(35)19-37-25-6-4-5-21(17-25)26-7-2-3-8-27(26)28-18-29(20-9-11-22(31)12-10-20)34(33-28)24-15-13-23(32)14-16-24/h2-18H,19H2,1H3. The van der Waals surface area contributed by atoms with E-state index in [-0.39, 0.29) is 6.61 Å². The van der Waals surface area contributed by atoms with Gasteiger partial charge in [0.15, 0.2) is 6.61 Å². The van der Waals surface area contributed by atoms with E-state index in [1.54, 1.807) is 0 Å². The van der Waals surface area contributed by atoms with Gasteiger partial charge in [-0.25, -0.2) is 9.48 Å². The van der Waals surface area contributed by atoms with Crippen molar-refractivity contribution in [3.8, 4) is 45.1 Å². The van der Waals surface area contributed by atoms with Crippen LogP contribution in [0.2, 0.25) is 10.0 Å². The molecule has 4 aromatic carbocycles. The molecule has 1 aromatic heterocycles. The molecule has 0 N–H and O–H groups in total. The molecule has 0 unspecified atom stereocenters. The van der Waals surface area contributed by atoms with Crippen LogP contribution >= 0.6 is 23.2 Å². The lowest BCUT2D eigenvalue weighted by atomic mass is 9.97. The summed E-state index contributed by atoms with van der Waals surface area (Å²) >= 11 is 12.3. The first-order valence-electron chi connectivity index (χ1n) is 11.5. The molecule has 0 radical (unpaired) electrons. The number of hydrogen-bond donors (Lipinski definition) is 0. The molecule has 5 nitrogen and oxygen atoms in total. The minimum absolute atomic E-state index is 0.155. The lowest BCUT2D eigenvalue weighted by molar-refractivity contribution is -0.142. The summed E-state index contributed by atoms with van der Waals surface area (Å²) in [4.78, 5) is 11.5. The van der Waals surface area contributed by atoms with Crippen molar-refractivity contribution in [3.63, 3.8) is 0 Å². The maximum absolute atomic E-state index is 11.5. The molecule has 0 saturated carbocycles. The second kappa shape index (κ2) is 10.9. The van der Waals surface area contributed by atoms with Crippen molar-refractivity contribution in [2.24, 2.45) is 0 Å². The Hall–Kier alpha value is -4.06. The molecule has 184 valence electrons. The van der Waals surface area contributed by atoms with Gasteiger partial charge in [-0.05, 0) is 65.7 Å². The Morgan fingerprint density at radius 2 is 1.46 bits per heavy atom. The number of carbonyl (C=O) groups is 1. The number of hydrogen-bond acceptors (Lipinski definition) is 4. The Kier molecular flexibility index (Phi) is 7.26. The molecule has 5 rings (SSSR count). The lowest BCUT2D eigenvalue weighted by Crippen LogP contribution is -2.12. The Bertz CT molecular complexity index is 1480. The number of ether oxygens (including phenoxy) is 2. The number of nitrogens with zero attached hydrogens (tertiary/aromatic N) is 2. The molecule has 0 saturated heterocycles. The SMILES string of the molecule is COC(=O)COc1cccc(-c2ccccc2-c2cc(-c3ccc(Cl)cc3)n(-c3ccc(Cl)cc3)n2)c1. The Morgan fingerprint density at radius 3 is 2.16 bits per heavy atom. The molecule has 0 atom stereocenters. The monoisotopic (exact) mass is 528 g/mol. The fourth-order valence-electron chi connectivity index (χ4n) is 4.03. The van der Waals surface area contributed by atoms with Crippen molar-refractivity contribution in [2.45, 2.75) is 0 Å². The van der Waals surface area contributed by atoms with Gasteiger partial charge in [0.2, 0.25) is 0 Å². The Balaban J connectivity index is 1.60. The highest BCUT2D eigenvalue weighted by molar-refractivity contribution is 6.30. The van der Waals surface area contributed by atoms with Gasteiger partial charge in [0.05, 0.1) is 24.2 Å². The average molecular weight is 529 g/mol. The number of aromatic nitrogens is 2. The largest absolute Gasteiger partial charge is 0.482 e. The number of esters is 1. The fraction of sp³-hybridized carbons (Fsp3) is 0.0667. The van der Waals surface area contributed by atoms with Crippen LogP contribution in [0.1, 0.15) is 0 Å². The highest BCUT2D eigenvalue weighted by Crippen LogP contribution is 2.36. The molecule has 7 heteroatoms. The molecule has 1 heterocycles. The summed E-state index contributed by atoms with van der Waals surface area (Å²) in [5.74, 6) is 0.138. The van der Waals surface area contributed by atoms with E-state index in [0.29, 0.717) is 15.8 Å². The van der Waals surface area contributed by atoms with Gasteiger partial charge in [0, 0.05) is 21.2 Å². The van der Waals surface area contributed by atoms with Crippen molar-refractivity contribution in [1.29, 1.82) is 0 Å². The van der Waals surface area contributed by atoms with E-state index in [0.717, 1.165) is 39.3 Å². The summed E-state index contributed by atoms with van der Waals surface area (Å²) in [5, 5.41) is 6.33. The van der Waals surface area contributed by atoms with Crippen molar-refractivity contribution < 1.29 is 14.3 Å². The molecule has 0 amide bonds. The molecule has 0 aliphatic carbocycles. The van der Waals surface area contributed by atoms with E-state index in [1.165, 1.54) is 7.11 Å². The third-order valence-corrected chi connectivity index (χ3v) is 6.36. The van der Waals surface area contributed by atoms with Crippen molar-refractivity contribution >= 4 is 29.2 Å². The van der Waals surface area contributed by atoms with E-state index < -0.39 is 5.97 Å². The zero-order chi connectivity index (χ0) is 25.8. The van der Waals surface area contributed by atoms with Gasteiger partial charge in [-0.15, -0.1) is 0 Å². The van der Waals surface area contributed by atoms with Gasteiger partial charge < -0.3 is 9.47 Å². The molecule has 0 fully saturated rings. The van der Waals surface area contributed by atoms with Crippen LogP contribution in [0.15, 0.2) is 103 Å². The number of carbonyl (C=O) groups excluding carboxylic acids is 1. The first-order chi connectivity index (χ1) is 18.0. The number of methoxy groups -OCH3 is 1. The zero-order valence-corrected chi connectivity index (χ0v) is 21.4. The van der Waals surface area contributed by atoms with Gasteiger partial charge in [0.25, 0.3) is 0 Å². The highest BCUT2D eigenvalue weighted by Gasteiger charge is 2.16. The minimum Gasteiger partial charge on any atom is -0.482 e. The second-order valence-electron chi connectivity index (χ2n) is 8.25. The van der Waals surface area contributed by atoms with E-state index in [4.69, 9.17) is 33.0 Å². The Morgan fingerprint density at radius 1 is 0.784 bits per heavy atom. The normalized spacial score (nSPS) is 10.8. The summed E-state index contributed by atoms with van der Waals surface area (Å²) in [6.45, 7) is -0.155. The van der Waals surface area contributed by atoms with Crippen LogP contribution in [0.5, 0.6) is 5.75 Å². The molecule has 0 aliphatic heterocycles. The minimum atomic E-state index is -0.437. The third-order valence-electron chi connectivity index (χ3n) is 5.85. The summed E-state index contributed by atoms with van der Waals surface area (Å²) in [7, 11) is 1.33.